The van der Waals surface area contributed by atoms with E-state index in [1.807, 2.05) is 16.0 Å². The van der Waals surface area contributed by atoms with E-state index in [0.29, 0.717) is 12.5 Å². The van der Waals surface area contributed by atoms with Crippen LogP contribution in [0.2, 0.25) is 0 Å². The third kappa shape index (κ3) is 3.85. The summed E-state index contributed by atoms with van der Waals surface area (Å²) in [6, 6.07) is 0.00319. The summed E-state index contributed by atoms with van der Waals surface area (Å²) in [4.78, 5) is 38.2. The highest BCUT2D eigenvalue weighted by atomic mass is 16.2. The van der Waals surface area contributed by atoms with E-state index in [2.05, 4.69) is 4.98 Å². The van der Waals surface area contributed by atoms with Crippen molar-refractivity contribution in [2.24, 2.45) is 5.92 Å². The number of fused-ring (bicyclic) bond motifs is 1. The molecular weight excluding hydrogens is 340 g/mol. The zero-order valence-corrected chi connectivity index (χ0v) is 16.3. The average molecular weight is 370 g/mol. The Bertz CT molecular complexity index is 714. The van der Waals surface area contributed by atoms with Gasteiger partial charge in [0.15, 0.2) is 5.82 Å². The number of aromatic nitrogens is 2. The fourth-order valence-electron chi connectivity index (χ4n) is 4.86. The van der Waals surface area contributed by atoms with Crippen molar-refractivity contribution in [1.29, 1.82) is 0 Å². The van der Waals surface area contributed by atoms with E-state index < -0.39 is 0 Å². The molecule has 27 heavy (non-hydrogen) atoms. The SMILES string of the molecule is CC(=O)N1CCCC[C@H]1c1ncc2c(n1)CCN(C(=O)C1CCCCC1)C2. The lowest BCUT2D eigenvalue weighted by Gasteiger charge is -2.35. The second-order valence-electron chi connectivity index (χ2n) is 8.27. The van der Waals surface area contributed by atoms with E-state index >= 15 is 0 Å². The van der Waals surface area contributed by atoms with Crippen LogP contribution in [0.1, 0.15) is 81.4 Å². The lowest BCUT2D eigenvalue weighted by molar-refractivity contribution is -0.137. The molecule has 4 rings (SSSR count). The highest BCUT2D eigenvalue weighted by Crippen LogP contribution is 2.31. The molecule has 0 unspecified atom stereocenters. The van der Waals surface area contributed by atoms with E-state index in [-0.39, 0.29) is 17.9 Å². The maximum Gasteiger partial charge on any atom is 0.225 e. The van der Waals surface area contributed by atoms with Gasteiger partial charge in [-0.05, 0) is 32.1 Å². The van der Waals surface area contributed by atoms with Crippen LogP contribution in [0.3, 0.4) is 0 Å². The summed E-state index contributed by atoms with van der Waals surface area (Å²) in [5.41, 5.74) is 2.13. The van der Waals surface area contributed by atoms with Crippen molar-refractivity contribution in [2.45, 2.75) is 77.3 Å². The van der Waals surface area contributed by atoms with Gasteiger partial charge in [-0.3, -0.25) is 9.59 Å². The lowest BCUT2D eigenvalue weighted by atomic mass is 9.88. The second kappa shape index (κ2) is 7.95. The minimum absolute atomic E-state index is 0.00319. The van der Waals surface area contributed by atoms with Crippen molar-refractivity contribution < 1.29 is 9.59 Å². The van der Waals surface area contributed by atoms with Crippen LogP contribution >= 0.6 is 0 Å². The zero-order chi connectivity index (χ0) is 18.8. The zero-order valence-electron chi connectivity index (χ0n) is 16.3. The molecule has 0 aromatic carbocycles. The number of likely N-dealkylation sites (tertiary alicyclic amines) is 1. The normalized spacial score (nSPS) is 23.8. The summed E-state index contributed by atoms with van der Waals surface area (Å²) in [6.07, 6.45) is 11.5. The molecular formula is C21H30N4O2. The van der Waals surface area contributed by atoms with Crippen LogP contribution in [0.4, 0.5) is 0 Å². The molecule has 1 saturated heterocycles. The Morgan fingerprint density at radius 3 is 2.59 bits per heavy atom. The molecule has 2 fully saturated rings. The van der Waals surface area contributed by atoms with Gasteiger partial charge in [0.05, 0.1) is 11.7 Å². The van der Waals surface area contributed by atoms with Crippen LogP contribution in [0.5, 0.6) is 0 Å². The Hall–Kier alpha value is -1.98. The van der Waals surface area contributed by atoms with Crippen molar-refractivity contribution in [3.05, 3.63) is 23.3 Å². The Kier molecular flexibility index (Phi) is 5.41. The van der Waals surface area contributed by atoms with Gasteiger partial charge < -0.3 is 9.80 Å². The molecule has 0 spiro atoms. The number of piperidine rings is 1. The number of rotatable bonds is 2. The number of carbonyl (C=O) groups excluding carboxylic acids is 2. The van der Waals surface area contributed by atoms with Gasteiger partial charge in [-0.25, -0.2) is 9.97 Å². The topological polar surface area (TPSA) is 66.4 Å². The third-order valence-corrected chi connectivity index (χ3v) is 6.42. The predicted molar refractivity (Wildman–Crippen MR) is 102 cm³/mol. The fraction of sp³-hybridized carbons (Fsp3) is 0.714. The van der Waals surface area contributed by atoms with Crippen molar-refractivity contribution in [2.75, 3.05) is 13.1 Å². The molecule has 1 aromatic heterocycles. The van der Waals surface area contributed by atoms with Crippen LogP contribution in [0, 0.1) is 5.92 Å². The molecule has 6 nitrogen and oxygen atoms in total. The maximum absolute atomic E-state index is 12.8. The van der Waals surface area contributed by atoms with Crippen molar-refractivity contribution in [1.82, 2.24) is 19.8 Å². The largest absolute Gasteiger partial charge is 0.338 e. The minimum atomic E-state index is 0.00319. The van der Waals surface area contributed by atoms with E-state index in [0.717, 1.165) is 68.7 Å². The van der Waals surface area contributed by atoms with Crippen LogP contribution in [-0.4, -0.2) is 44.7 Å². The number of hydrogen-bond donors (Lipinski definition) is 0. The Morgan fingerprint density at radius 2 is 1.81 bits per heavy atom. The van der Waals surface area contributed by atoms with Gasteiger partial charge in [-0.1, -0.05) is 19.3 Å². The summed E-state index contributed by atoms with van der Waals surface area (Å²) < 4.78 is 0. The van der Waals surface area contributed by atoms with Gasteiger partial charge in [0.25, 0.3) is 0 Å². The monoisotopic (exact) mass is 370 g/mol. The molecule has 0 N–H and O–H groups in total. The highest BCUT2D eigenvalue weighted by Gasteiger charge is 2.31. The van der Waals surface area contributed by atoms with E-state index in [4.69, 9.17) is 4.98 Å². The molecule has 2 amide bonds. The molecule has 0 bridgehead atoms. The van der Waals surface area contributed by atoms with Gasteiger partial charge in [-0.2, -0.15) is 0 Å². The standard InChI is InChI=1S/C21H30N4O2/c1-15(26)25-11-6-5-9-19(25)20-22-13-17-14-24(12-10-18(17)23-20)21(27)16-7-3-2-4-8-16/h13,16,19H,2-12,14H2,1H3/t19-/m0/s1. The van der Waals surface area contributed by atoms with Crippen molar-refractivity contribution >= 4 is 11.8 Å². The van der Waals surface area contributed by atoms with Gasteiger partial charge in [0.2, 0.25) is 11.8 Å². The number of nitrogens with zero attached hydrogens (tertiary/aromatic N) is 4. The summed E-state index contributed by atoms with van der Waals surface area (Å²) in [5, 5.41) is 0. The fourth-order valence-corrected chi connectivity index (χ4v) is 4.86. The summed E-state index contributed by atoms with van der Waals surface area (Å²) >= 11 is 0. The van der Waals surface area contributed by atoms with Crippen LogP contribution in [0.15, 0.2) is 6.20 Å². The lowest BCUT2D eigenvalue weighted by Crippen LogP contribution is -2.41. The number of amides is 2. The summed E-state index contributed by atoms with van der Waals surface area (Å²) in [6.45, 7) is 3.81. The smallest absolute Gasteiger partial charge is 0.225 e. The molecule has 3 heterocycles. The van der Waals surface area contributed by atoms with Crippen LogP contribution < -0.4 is 0 Å². The molecule has 6 heteroatoms. The minimum Gasteiger partial charge on any atom is -0.338 e. The Morgan fingerprint density at radius 1 is 1.04 bits per heavy atom. The van der Waals surface area contributed by atoms with Crippen LogP contribution in [0.25, 0.3) is 0 Å². The predicted octanol–water partition coefficient (Wildman–Crippen LogP) is 3.02. The molecule has 3 aliphatic rings. The maximum atomic E-state index is 12.8. The molecule has 1 aliphatic carbocycles. The third-order valence-electron chi connectivity index (χ3n) is 6.42. The van der Waals surface area contributed by atoms with Gasteiger partial charge in [-0.15, -0.1) is 0 Å². The molecule has 2 aliphatic heterocycles. The Balaban J connectivity index is 1.48. The Labute approximate surface area is 161 Å². The first-order chi connectivity index (χ1) is 13.1. The first kappa shape index (κ1) is 18.4. The quantitative estimate of drug-likeness (QED) is 0.803. The summed E-state index contributed by atoms with van der Waals surface area (Å²) in [7, 11) is 0. The van der Waals surface area contributed by atoms with Gasteiger partial charge in [0.1, 0.15) is 0 Å². The van der Waals surface area contributed by atoms with Crippen molar-refractivity contribution in [3.8, 4) is 0 Å². The van der Waals surface area contributed by atoms with E-state index in [9.17, 15) is 9.59 Å². The molecule has 1 atom stereocenters. The molecule has 1 saturated carbocycles. The average Bonchev–Trinajstić information content (AvgIpc) is 2.73. The molecule has 1 aromatic rings. The second-order valence-corrected chi connectivity index (χ2v) is 8.27. The van der Waals surface area contributed by atoms with Crippen molar-refractivity contribution in [3.63, 3.8) is 0 Å². The van der Waals surface area contributed by atoms with Gasteiger partial charge in [0, 0.05) is 50.7 Å². The van der Waals surface area contributed by atoms with Crippen LogP contribution in [-0.2, 0) is 22.6 Å². The van der Waals surface area contributed by atoms with Gasteiger partial charge >= 0.3 is 0 Å². The molecule has 0 radical (unpaired) electrons. The number of hydrogen-bond acceptors (Lipinski definition) is 4. The molecule has 146 valence electrons. The van der Waals surface area contributed by atoms with E-state index in [1.165, 1.54) is 19.3 Å². The summed E-state index contributed by atoms with van der Waals surface area (Å²) in [5.74, 6) is 1.41. The first-order valence-corrected chi connectivity index (χ1v) is 10.5. The first-order valence-electron chi connectivity index (χ1n) is 10.5. The number of carbonyl (C=O) groups is 2. The van der Waals surface area contributed by atoms with E-state index in [1.54, 1.807) is 6.92 Å². The highest BCUT2D eigenvalue weighted by molar-refractivity contribution is 5.79.